The van der Waals surface area contributed by atoms with E-state index in [1.807, 2.05) is 0 Å². The molecule has 0 aliphatic rings. The molecule has 0 fully saturated rings. The van der Waals surface area contributed by atoms with Gasteiger partial charge in [0.15, 0.2) is 11.6 Å². The molecule has 0 saturated heterocycles. The van der Waals surface area contributed by atoms with Gasteiger partial charge in [-0.25, -0.2) is 13.2 Å². The van der Waals surface area contributed by atoms with E-state index < -0.39 is 11.6 Å². The maximum atomic E-state index is 13.6. The number of hydrazine groups is 1. The zero-order valence-corrected chi connectivity index (χ0v) is 10.7. The van der Waals surface area contributed by atoms with Crippen LogP contribution in [0.15, 0.2) is 42.5 Å². The Morgan fingerprint density at radius 1 is 0.850 bits per heavy atom. The lowest BCUT2D eigenvalue weighted by Gasteiger charge is -2.17. The van der Waals surface area contributed by atoms with E-state index in [0.29, 0.717) is 12.0 Å². The number of hydrogen-bond acceptors (Lipinski definition) is 2. The summed E-state index contributed by atoms with van der Waals surface area (Å²) in [4.78, 5) is 0. The zero-order chi connectivity index (χ0) is 14.5. The Balaban J connectivity index is 2.14. The van der Waals surface area contributed by atoms with E-state index >= 15 is 0 Å². The van der Waals surface area contributed by atoms with E-state index in [1.54, 1.807) is 18.2 Å². The highest BCUT2D eigenvalue weighted by Crippen LogP contribution is 2.16. The van der Waals surface area contributed by atoms with Crippen LogP contribution in [0, 0.1) is 17.5 Å². The van der Waals surface area contributed by atoms with Crippen LogP contribution in [0.25, 0.3) is 0 Å². The summed E-state index contributed by atoms with van der Waals surface area (Å²) in [6, 6.07) is 9.90. The summed E-state index contributed by atoms with van der Waals surface area (Å²) in [5, 5.41) is 0. The normalized spacial score (nSPS) is 12.4. The van der Waals surface area contributed by atoms with Crippen molar-refractivity contribution >= 4 is 0 Å². The topological polar surface area (TPSA) is 38.0 Å². The lowest BCUT2D eigenvalue weighted by molar-refractivity contribution is 0.469. The second kappa shape index (κ2) is 6.54. The Hall–Kier alpha value is -1.85. The van der Waals surface area contributed by atoms with Crippen LogP contribution in [-0.2, 0) is 12.8 Å². The Kier molecular flexibility index (Phi) is 4.76. The maximum absolute atomic E-state index is 13.6. The molecule has 0 aromatic heterocycles. The Morgan fingerprint density at radius 3 is 2.15 bits per heavy atom. The molecule has 2 aromatic carbocycles. The molecule has 20 heavy (non-hydrogen) atoms. The van der Waals surface area contributed by atoms with Crippen molar-refractivity contribution < 1.29 is 13.2 Å². The van der Waals surface area contributed by atoms with Crippen molar-refractivity contribution in [1.82, 2.24) is 5.43 Å². The monoisotopic (exact) mass is 280 g/mol. The summed E-state index contributed by atoms with van der Waals surface area (Å²) in [5.74, 6) is 3.29. The minimum Gasteiger partial charge on any atom is -0.271 e. The molecule has 2 rings (SSSR count). The molecule has 2 aromatic rings. The number of rotatable bonds is 5. The molecule has 0 bridgehead atoms. The van der Waals surface area contributed by atoms with E-state index in [9.17, 15) is 13.2 Å². The molecule has 0 aliphatic carbocycles. The predicted octanol–water partition coefficient (Wildman–Crippen LogP) is 2.72. The molecule has 2 nitrogen and oxygen atoms in total. The fourth-order valence-electron chi connectivity index (χ4n) is 2.09. The van der Waals surface area contributed by atoms with Crippen molar-refractivity contribution in [2.75, 3.05) is 0 Å². The van der Waals surface area contributed by atoms with Gasteiger partial charge in [-0.3, -0.25) is 11.3 Å². The lowest BCUT2D eigenvalue weighted by atomic mass is 9.99. The van der Waals surface area contributed by atoms with E-state index in [2.05, 4.69) is 5.43 Å². The molecule has 106 valence electrons. The van der Waals surface area contributed by atoms with Gasteiger partial charge in [0.1, 0.15) is 5.82 Å². The second-order valence-electron chi connectivity index (χ2n) is 4.58. The molecule has 0 aliphatic heterocycles. The van der Waals surface area contributed by atoms with Gasteiger partial charge in [0.2, 0.25) is 0 Å². The average molecular weight is 280 g/mol. The van der Waals surface area contributed by atoms with Crippen molar-refractivity contribution in [3.8, 4) is 0 Å². The van der Waals surface area contributed by atoms with Gasteiger partial charge in [0.25, 0.3) is 0 Å². The van der Waals surface area contributed by atoms with Gasteiger partial charge in [0, 0.05) is 6.04 Å². The van der Waals surface area contributed by atoms with Crippen LogP contribution in [0.3, 0.4) is 0 Å². The summed E-state index contributed by atoms with van der Waals surface area (Å²) >= 11 is 0. The third-order valence-corrected chi connectivity index (χ3v) is 3.16. The van der Waals surface area contributed by atoms with Crippen LogP contribution >= 0.6 is 0 Å². The highest BCUT2D eigenvalue weighted by Gasteiger charge is 2.15. The maximum Gasteiger partial charge on any atom is 0.162 e. The fourth-order valence-corrected chi connectivity index (χ4v) is 2.09. The van der Waals surface area contributed by atoms with Gasteiger partial charge in [-0.15, -0.1) is 0 Å². The largest absolute Gasteiger partial charge is 0.271 e. The van der Waals surface area contributed by atoms with Crippen LogP contribution in [0.2, 0.25) is 0 Å². The van der Waals surface area contributed by atoms with Crippen LogP contribution < -0.4 is 11.3 Å². The van der Waals surface area contributed by atoms with Gasteiger partial charge < -0.3 is 0 Å². The van der Waals surface area contributed by atoms with Gasteiger partial charge in [-0.05, 0) is 36.1 Å². The molecule has 5 heteroatoms. The quantitative estimate of drug-likeness (QED) is 0.653. The standard InChI is InChI=1S/C15H15F3N2/c16-13-6-2-1-4-10(13)8-12(20-19)9-11-5-3-7-14(17)15(11)18/h1-7,12,20H,8-9,19H2. The fraction of sp³-hybridized carbons (Fsp3) is 0.200. The van der Waals surface area contributed by atoms with Crippen molar-refractivity contribution in [2.45, 2.75) is 18.9 Å². The van der Waals surface area contributed by atoms with Gasteiger partial charge in [-0.2, -0.15) is 0 Å². The first-order chi connectivity index (χ1) is 9.61. The van der Waals surface area contributed by atoms with Crippen molar-refractivity contribution in [2.24, 2.45) is 5.84 Å². The van der Waals surface area contributed by atoms with E-state index in [1.165, 1.54) is 18.2 Å². The number of benzene rings is 2. The molecular weight excluding hydrogens is 265 g/mol. The van der Waals surface area contributed by atoms with Crippen molar-refractivity contribution in [1.29, 1.82) is 0 Å². The SMILES string of the molecule is NNC(Cc1ccccc1F)Cc1cccc(F)c1F. The first-order valence-electron chi connectivity index (χ1n) is 6.24. The number of nitrogens with two attached hydrogens (primary N) is 1. The number of nitrogens with one attached hydrogen (secondary N) is 1. The molecule has 1 atom stereocenters. The molecule has 0 amide bonds. The summed E-state index contributed by atoms with van der Waals surface area (Å²) < 4.78 is 40.3. The van der Waals surface area contributed by atoms with E-state index in [0.717, 1.165) is 6.07 Å². The summed E-state index contributed by atoms with van der Waals surface area (Å²) in [6.45, 7) is 0. The lowest BCUT2D eigenvalue weighted by Crippen LogP contribution is -2.38. The van der Waals surface area contributed by atoms with E-state index in [-0.39, 0.29) is 23.8 Å². The van der Waals surface area contributed by atoms with Crippen LogP contribution in [-0.4, -0.2) is 6.04 Å². The molecule has 1 unspecified atom stereocenters. The third-order valence-electron chi connectivity index (χ3n) is 3.16. The second-order valence-corrected chi connectivity index (χ2v) is 4.58. The van der Waals surface area contributed by atoms with Crippen LogP contribution in [0.4, 0.5) is 13.2 Å². The summed E-state index contributed by atoms with van der Waals surface area (Å²) in [7, 11) is 0. The zero-order valence-electron chi connectivity index (χ0n) is 10.7. The van der Waals surface area contributed by atoms with Gasteiger partial charge in [-0.1, -0.05) is 30.3 Å². The van der Waals surface area contributed by atoms with Crippen molar-refractivity contribution in [3.05, 3.63) is 71.0 Å². The first-order valence-corrected chi connectivity index (χ1v) is 6.24. The minimum atomic E-state index is -0.899. The Morgan fingerprint density at radius 2 is 1.45 bits per heavy atom. The summed E-state index contributed by atoms with van der Waals surface area (Å²) in [6.07, 6.45) is 0.466. The Bertz CT molecular complexity index is 587. The Labute approximate surface area is 115 Å². The molecule has 3 N–H and O–H groups in total. The molecule has 0 spiro atoms. The molecular formula is C15H15F3N2. The minimum absolute atomic E-state index is 0.175. The third kappa shape index (κ3) is 3.37. The van der Waals surface area contributed by atoms with Gasteiger partial charge >= 0.3 is 0 Å². The predicted molar refractivity (Wildman–Crippen MR) is 71.3 cm³/mol. The smallest absolute Gasteiger partial charge is 0.162 e. The number of halogens is 3. The highest BCUT2D eigenvalue weighted by molar-refractivity contribution is 5.22. The van der Waals surface area contributed by atoms with Crippen LogP contribution in [0.5, 0.6) is 0 Å². The van der Waals surface area contributed by atoms with Crippen LogP contribution in [0.1, 0.15) is 11.1 Å². The van der Waals surface area contributed by atoms with E-state index in [4.69, 9.17) is 5.84 Å². The van der Waals surface area contributed by atoms with Crippen molar-refractivity contribution in [3.63, 3.8) is 0 Å². The average Bonchev–Trinajstić information content (AvgIpc) is 2.45. The number of hydrogen-bond donors (Lipinski definition) is 2. The first kappa shape index (κ1) is 14.6. The molecule has 0 saturated carbocycles. The van der Waals surface area contributed by atoms with Gasteiger partial charge in [0.05, 0.1) is 0 Å². The molecule has 0 radical (unpaired) electrons. The summed E-state index contributed by atoms with van der Waals surface area (Å²) in [5.41, 5.74) is 3.21. The molecule has 0 heterocycles. The highest BCUT2D eigenvalue weighted by atomic mass is 19.2.